The number of carbonyl (C=O) groups is 1. The van der Waals surface area contributed by atoms with E-state index >= 15 is 0 Å². The fraction of sp³-hybridized carbons (Fsp3) is 0.389. The van der Waals surface area contributed by atoms with E-state index in [9.17, 15) is 4.79 Å². The van der Waals surface area contributed by atoms with E-state index in [2.05, 4.69) is 32.4 Å². The molecule has 2 atom stereocenters. The van der Waals surface area contributed by atoms with Gasteiger partial charge in [0.1, 0.15) is 5.75 Å². The van der Waals surface area contributed by atoms with Crippen molar-refractivity contribution in [3.05, 3.63) is 52.2 Å². The molecule has 0 saturated heterocycles. The second kappa shape index (κ2) is 7.68. The predicted molar refractivity (Wildman–Crippen MR) is 96.6 cm³/mol. The number of amides is 2. The standard InChI is InChI=1S/C18H23N3O2S/c1-21(2)16(13-8-10-24-12-13)11-19-18(22)20-15-7-9-23-17-6-4-3-5-14(15)17/h3-6,8,10,12,15-16H,7,9,11H2,1-2H3,(H2,19,20,22). The Kier molecular flexibility index (Phi) is 5.37. The minimum absolute atomic E-state index is 0.00564. The second-order valence-electron chi connectivity index (χ2n) is 6.12. The molecule has 6 heteroatoms. The highest BCUT2D eigenvalue weighted by Crippen LogP contribution is 2.31. The lowest BCUT2D eigenvalue weighted by molar-refractivity contribution is 0.218. The van der Waals surface area contributed by atoms with Crippen LogP contribution in [-0.4, -0.2) is 38.2 Å². The summed E-state index contributed by atoms with van der Waals surface area (Å²) in [6.07, 6.45) is 0.784. The Morgan fingerprint density at radius 3 is 2.96 bits per heavy atom. The van der Waals surface area contributed by atoms with Crippen LogP contribution in [-0.2, 0) is 0 Å². The Morgan fingerprint density at radius 2 is 2.21 bits per heavy atom. The fourth-order valence-electron chi connectivity index (χ4n) is 2.95. The molecule has 3 rings (SSSR count). The summed E-state index contributed by atoms with van der Waals surface area (Å²) in [5.74, 6) is 0.860. The normalized spacial score (nSPS) is 17.7. The van der Waals surface area contributed by atoms with Crippen LogP contribution >= 0.6 is 11.3 Å². The first kappa shape index (κ1) is 16.8. The summed E-state index contributed by atoms with van der Waals surface area (Å²) in [4.78, 5) is 14.5. The van der Waals surface area contributed by atoms with E-state index in [1.165, 1.54) is 5.56 Å². The average Bonchev–Trinajstić information content (AvgIpc) is 3.09. The molecule has 0 spiro atoms. The van der Waals surface area contributed by atoms with Gasteiger partial charge in [0.25, 0.3) is 0 Å². The van der Waals surface area contributed by atoms with Gasteiger partial charge < -0.3 is 20.3 Å². The van der Waals surface area contributed by atoms with Crippen LogP contribution in [0.15, 0.2) is 41.1 Å². The van der Waals surface area contributed by atoms with Gasteiger partial charge >= 0.3 is 6.03 Å². The van der Waals surface area contributed by atoms with Gasteiger partial charge in [-0.15, -0.1) is 0 Å². The van der Waals surface area contributed by atoms with Crippen molar-refractivity contribution in [2.45, 2.75) is 18.5 Å². The first-order valence-electron chi connectivity index (χ1n) is 8.10. The molecule has 128 valence electrons. The maximum absolute atomic E-state index is 12.3. The summed E-state index contributed by atoms with van der Waals surface area (Å²) >= 11 is 1.67. The quantitative estimate of drug-likeness (QED) is 0.875. The zero-order valence-electron chi connectivity index (χ0n) is 14.0. The lowest BCUT2D eigenvalue weighted by atomic mass is 10.0. The number of para-hydroxylation sites is 1. The summed E-state index contributed by atoms with van der Waals surface area (Å²) in [5.41, 5.74) is 2.27. The van der Waals surface area contributed by atoms with Gasteiger partial charge in [-0.25, -0.2) is 4.79 Å². The Hall–Kier alpha value is -2.05. The number of likely N-dealkylation sites (N-methyl/N-ethyl adjacent to an activating group) is 1. The van der Waals surface area contributed by atoms with Crippen molar-refractivity contribution in [1.82, 2.24) is 15.5 Å². The smallest absolute Gasteiger partial charge is 0.315 e. The van der Waals surface area contributed by atoms with Crippen LogP contribution in [0.1, 0.15) is 29.6 Å². The number of nitrogens with one attached hydrogen (secondary N) is 2. The molecule has 0 saturated carbocycles. The Bertz CT molecular complexity index is 673. The van der Waals surface area contributed by atoms with Crippen molar-refractivity contribution in [3.63, 3.8) is 0 Å². The van der Waals surface area contributed by atoms with Crippen LogP contribution in [0, 0.1) is 0 Å². The first-order valence-corrected chi connectivity index (χ1v) is 9.04. The number of thiophene rings is 1. The topological polar surface area (TPSA) is 53.6 Å². The van der Waals surface area contributed by atoms with Crippen molar-refractivity contribution in [2.75, 3.05) is 27.2 Å². The third-order valence-corrected chi connectivity index (χ3v) is 4.97. The summed E-state index contributed by atoms with van der Waals surface area (Å²) in [7, 11) is 4.05. The molecule has 0 aliphatic carbocycles. The molecule has 2 amide bonds. The van der Waals surface area contributed by atoms with Crippen molar-refractivity contribution in [3.8, 4) is 5.75 Å². The predicted octanol–water partition coefficient (Wildman–Crippen LogP) is 3.17. The number of ether oxygens (including phenoxy) is 1. The molecule has 2 N–H and O–H groups in total. The van der Waals surface area contributed by atoms with Crippen molar-refractivity contribution >= 4 is 17.4 Å². The van der Waals surface area contributed by atoms with E-state index in [4.69, 9.17) is 4.74 Å². The lowest BCUT2D eigenvalue weighted by Crippen LogP contribution is -2.42. The number of carbonyl (C=O) groups excluding carboxylic acids is 1. The highest BCUT2D eigenvalue weighted by Gasteiger charge is 2.23. The third kappa shape index (κ3) is 3.88. The molecule has 0 bridgehead atoms. The Balaban J connectivity index is 1.58. The van der Waals surface area contributed by atoms with Crippen LogP contribution in [0.25, 0.3) is 0 Å². The summed E-state index contributed by atoms with van der Waals surface area (Å²) in [6.45, 7) is 1.19. The largest absolute Gasteiger partial charge is 0.493 e. The van der Waals surface area contributed by atoms with E-state index in [1.807, 2.05) is 38.4 Å². The van der Waals surface area contributed by atoms with E-state index in [0.717, 1.165) is 17.7 Å². The molecular weight excluding hydrogens is 322 g/mol. The molecule has 0 radical (unpaired) electrons. The van der Waals surface area contributed by atoms with E-state index in [0.29, 0.717) is 13.2 Å². The zero-order valence-corrected chi connectivity index (χ0v) is 14.8. The van der Waals surface area contributed by atoms with E-state index < -0.39 is 0 Å². The SMILES string of the molecule is CN(C)C(CNC(=O)NC1CCOc2ccccc21)c1ccsc1. The second-order valence-corrected chi connectivity index (χ2v) is 6.90. The highest BCUT2D eigenvalue weighted by molar-refractivity contribution is 7.07. The number of urea groups is 1. The molecule has 2 heterocycles. The van der Waals surface area contributed by atoms with Crippen molar-refractivity contribution in [2.24, 2.45) is 0 Å². The van der Waals surface area contributed by atoms with Gasteiger partial charge in [0.05, 0.1) is 18.7 Å². The monoisotopic (exact) mass is 345 g/mol. The average molecular weight is 345 g/mol. The molecule has 2 aromatic rings. The van der Waals surface area contributed by atoms with Gasteiger partial charge in [-0.1, -0.05) is 18.2 Å². The maximum atomic E-state index is 12.3. The summed E-state index contributed by atoms with van der Waals surface area (Å²) < 4.78 is 5.64. The number of nitrogens with zero attached hydrogens (tertiary/aromatic N) is 1. The fourth-order valence-corrected chi connectivity index (χ4v) is 3.66. The van der Waals surface area contributed by atoms with E-state index in [-0.39, 0.29) is 18.1 Å². The number of rotatable bonds is 5. The molecule has 0 fully saturated rings. The highest BCUT2D eigenvalue weighted by atomic mass is 32.1. The van der Waals surface area contributed by atoms with Crippen molar-refractivity contribution < 1.29 is 9.53 Å². The molecular formula is C18H23N3O2S. The zero-order chi connectivity index (χ0) is 16.9. The summed E-state index contributed by atoms with van der Waals surface area (Å²) in [5, 5.41) is 10.3. The van der Waals surface area contributed by atoms with Gasteiger partial charge in [0, 0.05) is 18.5 Å². The Labute approximate surface area is 146 Å². The number of fused-ring (bicyclic) bond motifs is 1. The van der Waals surface area contributed by atoms with Crippen LogP contribution < -0.4 is 15.4 Å². The van der Waals surface area contributed by atoms with Gasteiger partial charge in [-0.05, 0) is 42.6 Å². The third-order valence-electron chi connectivity index (χ3n) is 4.27. The van der Waals surface area contributed by atoms with Crippen LogP contribution in [0.5, 0.6) is 5.75 Å². The molecule has 5 nitrogen and oxygen atoms in total. The molecule has 1 aliphatic heterocycles. The molecule has 2 unspecified atom stereocenters. The van der Waals surface area contributed by atoms with Crippen LogP contribution in [0.2, 0.25) is 0 Å². The van der Waals surface area contributed by atoms with Gasteiger partial charge in [0.2, 0.25) is 0 Å². The van der Waals surface area contributed by atoms with Crippen molar-refractivity contribution in [1.29, 1.82) is 0 Å². The summed E-state index contributed by atoms with van der Waals surface area (Å²) in [6, 6.07) is 10.00. The number of hydrogen-bond donors (Lipinski definition) is 2. The minimum atomic E-state index is -0.140. The van der Waals surface area contributed by atoms with Gasteiger partial charge in [-0.2, -0.15) is 11.3 Å². The molecule has 1 aliphatic rings. The van der Waals surface area contributed by atoms with Crippen LogP contribution in [0.4, 0.5) is 4.79 Å². The lowest BCUT2D eigenvalue weighted by Gasteiger charge is -2.28. The Morgan fingerprint density at radius 1 is 1.38 bits per heavy atom. The molecule has 24 heavy (non-hydrogen) atoms. The first-order chi connectivity index (χ1) is 11.6. The van der Waals surface area contributed by atoms with Crippen LogP contribution in [0.3, 0.4) is 0 Å². The van der Waals surface area contributed by atoms with Gasteiger partial charge in [-0.3, -0.25) is 0 Å². The van der Waals surface area contributed by atoms with E-state index in [1.54, 1.807) is 11.3 Å². The number of benzene rings is 1. The maximum Gasteiger partial charge on any atom is 0.315 e. The molecule has 1 aromatic carbocycles. The number of hydrogen-bond acceptors (Lipinski definition) is 4. The minimum Gasteiger partial charge on any atom is -0.493 e. The van der Waals surface area contributed by atoms with Gasteiger partial charge in [0.15, 0.2) is 0 Å². The molecule has 1 aromatic heterocycles.